The van der Waals surface area contributed by atoms with Crippen molar-refractivity contribution in [3.63, 3.8) is 0 Å². The second-order valence-corrected chi connectivity index (χ2v) is 9.92. The van der Waals surface area contributed by atoms with Crippen LogP contribution in [-0.2, 0) is 5.41 Å². The van der Waals surface area contributed by atoms with Gasteiger partial charge in [0.2, 0.25) is 0 Å². The second-order valence-electron chi connectivity index (χ2n) is 8.75. The minimum Gasteiger partial charge on any atom is -0.300 e. The monoisotopic (exact) mass is 346 g/mol. The highest BCUT2D eigenvalue weighted by atomic mass is 32.2. The average molecular weight is 347 g/mol. The topological polar surface area (TPSA) is 6.48 Å². The summed E-state index contributed by atoms with van der Waals surface area (Å²) in [6.07, 6.45) is 5.46. The molecular weight excluding hydrogens is 312 g/mol. The Bertz CT molecular complexity index is 521. The minimum absolute atomic E-state index is 0.231. The van der Waals surface area contributed by atoms with Crippen LogP contribution in [-0.4, -0.2) is 41.4 Å². The quantitative estimate of drug-likeness (QED) is 0.696. The van der Waals surface area contributed by atoms with E-state index in [4.69, 9.17) is 0 Å². The maximum absolute atomic E-state index is 2.77. The van der Waals surface area contributed by atoms with Crippen LogP contribution in [0.1, 0.15) is 58.9 Å². The number of benzene rings is 1. The van der Waals surface area contributed by atoms with Gasteiger partial charge in [0.25, 0.3) is 0 Å². The van der Waals surface area contributed by atoms with Crippen molar-refractivity contribution < 1.29 is 0 Å². The van der Waals surface area contributed by atoms with Crippen molar-refractivity contribution in [2.75, 3.05) is 26.2 Å². The molecule has 134 valence electrons. The molecule has 0 aromatic heterocycles. The Morgan fingerprint density at radius 1 is 0.958 bits per heavy atom. The summed E-state index contributed by atoms with van der Waals surface area (Å²) in [5, 5.41) is 0. The molecule has 0 radical (unpaired) electrons. The fourth-order valence-corrected chi connectivity index (χ4v) is 4.87. The van der Waals surface area contributed by atoms with Crippen LogP contribution in [0, 0.1) is 5.92 Å². The predicted octanol–water partition coefficient (Wildman–Crippen LogP) is 5.19. The van der Waals surface area contributed by atoms with E-state index in [2.05, 4.69) is 61.2 Å². The van der Waals surface area contributed by atoms with Crippen LogP contribution < -0.4 is 0 Å². The number of hydrogen-bond donors (Lipinski definition) is 0. The van der Waals surface area contributed by atoms with Crippen LogP contribution in [0.2, 0.25) is 0 Å². The average Bonchev–Trinajstić information content (AvgIpc) is 2.56. The van der Waals surface area contributed by atoms with E-state index >= 15 is 0 Å². The SMILES string of the molecule is CC1CCN(C2CCN(Sc3cccc(C(C)(C)C)c3)CC2)CC1. The maximum Gasteiger partial charge on any atom is 0.0233 e. The molecule has 0 saturated carbocycles. The summed E-state index contributed by atoms with van der Waals surface area (Å²) in [5.41, 5.74) is 1.67. The molecule has 0 amide bonds. The van der Waals surface area contributed by atoms with E-state index in [0.29, 0.717) is 0 Å². The summed E-state index contributed by atoms with van der Waals surface area (Å²) in [5.74, 6) is 0.937. The Morgan fingerprint density at radius 2 is 1.62 bits per heavy atom. The zero-order chi connectivity index (χ0) is 17.2. The normalized spacial score (nSPS) is 22.8. The van der Waals surface area contributed by atoms with E-state index in [9.17, 15) is 0 Å². The predicted molar refractivity (Wildman–Crippen MR) is 106 cm³/mol. The molecule has 3 rings (SSSR count). The van der Waals surface area contributed by atoms with Crippen LogP contribution in [0.25, 0.3) is 0 Å². The lowest BCUT2D eigenvalue weighted by Crippen LogP contribution is -2.46. The van der Waals surface area contributed by atoms with Crippen LogP contribution in [0.3, 0.4) is 0 Å². The molecule has 0 spiro atoms. The number of piperidine rings is 2. The highest BCUT2D eigenvalue weighted by molar-refractivity contribution is 7.97. The number of hydrogen-bond acceptors (Lipinski definition) is 3. The van der Waals surface area contributed by atoms with Crippen molar-refractivity contribution in [2.24, 2.45) is 5.92 Å². The third-order valence-electron chi connectivity index (χ3n) is 5.69. The molecule has 2 fully saturated rings. The molecule has 2 nitrogen and oxygen atoms in total. The van der Waals surface area contributed by atoms with E-state index in [1.807, 2.05) is 11.9 Å². The fraction of sp³-hybridized carbons (Fsp3) is 0.714. The van der Waals surface area contributed by atoms with Gasteiger partial charge in [0.05, 0.1) is 0 Å². The number of likely N-dealkylation sites (tertiary alicyclic amines) is 1. The zero-order valence-corrected chi connectivity index (χ0v) is 16.7. The Labute approximate surface area is 153 Å². The van der Waals surface area contributed by atoms with Gasteiger partial charge in [-0.1, -0.05) is 39.8 Å². The Kier molecular flexibility index (Phi) is 5.94. The number of rotatable bonds is 3. The van der Waals surface area contributed by atoms with Gasteiger partial charge in [-0.15, -0.1) is 0 Å². The molecule has 3 heteroatoms. The van der Waals surface area contributed by atoms with Gasteiger partial charge in [-0.3, -0.25) is 0 Å². The molecule has 2 aliphatic rings. The van der Waals surface area contributed by atoms with Gasteiger partial charge < -0.3 is 4.90 Å². The van der Waals surface area contributed by atoms with Crippen molar-refractivity contribution >= 4 is 11.9 Å². The van der Waals surface area contributed by atoms with Crippen molar-refractivity contribution in [3.8, 4) is 0 Å². The van der Waals surface area contributed by atoms with Crippen LogP contribution in [0.15, 0.2) is 29.2 Å². The molecule has 1 aromatic carbocycles. The van der Waals surface area contributed by atoms with Crippen molar-refractivity contribution in [3.05, 3.63) is 29.8 Å². The molecule has 2 saturated heterocycles. The maximum atomic E-state index is 2.77. The summed E-state index contributed by atoms with van der Waals surface area (Å²) in [4.78, 5) is 4.16. The molecule has 0 bridgehead atoms. The largest absolute Gasteiger partial charge is 0.300 e. The smallest absolute Gasteiger partial charge is 0.0233 e. The van der Waals surface area contributed by atoms with Crippen molar-refractivity contribution in [2.45, 2.75) is 69.7 Å². The summed E-state index contributed by atoms with van der Waals surface area (Å²) < 4.78 is 2.57. The van der Waals surface area contributed by atoms with Gasteiger partial charge in [-0.2, -0.15) is 0 Å². The molecular formula is C21H34N2S. The van der Waals surface area contributed by atoms with Crippen LogP contribution >= 0.6 is 11.9 Å². The van der Waals surface area contributed by atoms with E-state index in [-0.39, 0.29) is 5.41 Å². The van der Waals surface area contributed by atoms with E-state index in [1.165, 1.54) is 62.3 Å². The molecule has 0 aliphatic carbocycles. The first-order valence-electron chi connectivity index (χ1n) is 9.69. The van der Waals surface area contributed by atoms with Gasteiger partial charge >= 0.3 is 0 Å². The lowest BCUT2D eigenvalue weighted by atomic mass is 9.87. The van der Waals surface area contributed by atoms with Gasteiger partial charge in [0, 0.05) is 24.0 Å². The van der Waals surface area contributed by atoms with Crippen molar-refractivity contribution in [1.29, 1.82) is 0 Å². The Balaban J connectivity index is 1.51. The Morgan fingerprint density at radius 3 is 2.25 bits per heavy atom. The first-order valence-corrected chi connectivity index (χ1v) is 10.5. The standard InChI is InChI=1S/C21H34N2S/c1-17-8-12-22(13-9-17)19-10-14-23(15-11-19)24-20-7-5-6-18(16-20)21(2,3)4/h5-7,16-17,19H,8-15H2,1-4H3. The van der Waals surface area contributed by atoms with Gasteiger partial charge in [0.15, 0.2) is 0 Å². The lowest BCUT2D eigenvalue weighted by Gasteiger charge is -2.41. The third-order valence-corrected chi connectivity index (χ3v) is 6.78. The molecule has 1 aromatic rings. The third kappa shape index (κ3) is 4.77. The molecule has 2 heterocycles. The molecule has 0 atom stereocenters. The molecule has 2 aliphatic heterocycles. The zero-order valence-electron chi connectivity index (χ0n) is 15.9. The van der Waals surface area contributed by atoms with Crippen LogP contribution in [0.5, 0.6) is 0 Å². The molecule has 24 heavy (non-hydrogen) atoms. The summed E-state index contributed by atoms with van der Waals surface area (Å²) in [7, 11) is 0. The summed E-state index contributed by atoms with van der Waals surface area (Å²) in [6.45, 7) is 14.4. The molecule has 0 N–H and O–H groups in total. The van der Waals surface area contributed by atoms with Gasteiger partial charge in [-0.25, -0.2) is 4.31 Å². The fourth-order valence-electron chi connectivity index (χ4n) is 3.86. The van der Waals surface area contributed by atoms with Crippen LogP contribution in [0.4, 0.5) is 0 Å². The van der Waals surface area contributed by atoms with Gasteiger partial charge in [-0.05, 0) is 79.7 Å². The summed E-state index contributed by atoms with van der Waals surface area (Å²) >= 11 is 1.96. The minimum atomic E-state index is 0.231. The van der Waals surface area contributed by atoms with E-state index < -0.39 is 0 Å². The second kappa shape index (κ2) is 7.80. The van der Waals surface area contributed by atoms with E-state index in [1.54, 1.807) is 0 Å². The Hall–Kier alpha value is -0.510. The first-order chi connectivity index (χ1) is 11.4. The lowest BCUT2D eigenvalue weighted by molar-refractivity contribution is 0.103. The van der Waals surface area contributed by atoms with Gasteiger partial charge in [0.1, 0.15) is 0 Å². The molecule has 0 unspecified atom stereocenters. The van der Waals surface area contributed by atoms with Crippen molar-refractivity contribution in [1.82, 2.24) is 9.21 Å². The highest BCUT2D eigenvalue weighted by Gasteiger charge is 2.27. The van der Waals surface area contributed by atoms with E-state index in [0.717, 1.165) is 12.0 Å². The highest BCUT2D eigenvalue weighted by Crippen LogP contribution is 2.32. The first kappa shape index (κ1) is 18.3. The number of nitrogens with zero attached hydrogens (tertiary/aromatic N) is 2. The summed E-state index contributed by atoms with van der Waals surface area (Å²) in [6, 6.07) is 9.94.